The lowest BCUT2D eigenvalue weighted by Crippen LogP contribution is -2.13. The number of carbonyl (C=O) groups is 1. The van der Waals surface area contributed by atoms with Crippen LogP contribution in [0.15, 0.2) is 41.8 Å². The van der Waals surface area contributed by atoms with Crippen LogP contribution < -0.4 is 5.32 Å². The van der Waals surface area contributed by atoms with E-state index in [0.29, 0.717) is 10.6 Å². The molecule has 14 heavy (non-hydrogen) atoms. The number of hydrogen-bond acceptors (Lipinski definition) is 3. The maximum Gasteiger partial charge on any atom is 0.411 e. The molecule has 0 aromatic heterocycles. The number of nitrogens with one attached hydrogen (secondary N) is 1. The van der Waals surface area contributed by atoms with Gasteiger partial charge in [-0.25, -0.2) is 4.79 Å². The van der Waals surface area contributed by atoms with E-state index in [2.05, 4.69) is 24.5 Å². The van der Waals surface area contributed by atoms with Gasteiger partial charge in [0.15, 0.2) is 0 Å². The van der Waals surface area contributed by atoms with Crippen LogP contribution in [-0.2, 0) is 4.74 Å². The van der Waals surface area contributed by atoms with Crippen LogP contribution in [0, 0.1) is 0 Å². The molecule has 74 valence electrons. The number of carbonyl (C=O) groups excluding carboxylic acids is 1. The zero-order valence-corrected chi connectivity index (χ0v) is 8.46. The third-order valence-corrected chi connectivity index (χ3v) is 1.86. The molecule has 4 heteroatoms. The minimum absolute atomic E-state index is 0.195. The van der Waals surface area contributed by atoms with E-state index in [0.717, 1.165) is 0 Å². The van der Waals surface area contributed by atoms with E-state index in [9.17, 15) is 4.79 Å². The summed E-state index contributed by atoms with van der Waals surface area (Å²) in [5.74, 6) is 0. The fourth-order valence-corrected chi connectivity index (χ4v) is 1.08. The van der Waals surface area contributed by atoms with Crippen molar-refractivity contribution in [3.8, 4) is 0 Å². The van der Waals surface area contributed by atoms with Crippen molar-refractivity contribution in [2.75, 3.05) is 11.9 Å². The van der Waals surface area contributed by atoms with Gasteiger partial charge in [0.05, 0.1) is 5.69 Å². The fourth-order valence-electron chi connectivity index (χ4n) is 0.860. The lowest BCUT2D eigenvalue weighted by molar-refractivity contribution is 0.174. The number of para-hydroxylation sites is 1. The SMILES string of the molecule is C=CCOC(=O)Nc1ccccc1S. The molecule has 1 N–H and O–H groups in total. The smallest absolute Gasteiger partial charge is 0.411 e. The molecule has 0 saturated carbocycles. The van der Waals surface area contributed by atoms with Gasteiger partial charge in [0, 0.05) is 4.90 Å². The second-order valence-corrected chi connectivity index (χ2v) is 3.01. The fraction of sp³-hybridized carbons (Fsp3) is 0.100. The number of anilines is 1. The Morgan fingerprint density at radius 2 is 2.29 bits per heavy atom. The van der Waals surface area contributed by atoms with E-state index in [1.165, 1.54) is 6.08 Å². The molecule has 0 radical (unpaired) electrons. The highest BCUT2D eigenvalue weighted by Crippen LogP contribution is 2.18. The predicted molar refractivity (Wildman–Crippen MR) is 58.9 cm³/mol. The van der Waals surface area contributed by atoms with E-state index in [1.54, 1.807) is 12.1 Å². The van der Waals surface area contributed by atoms with Gasteiger partial charge in [-0.2, -0.15) is 0 Å². The Morgan fingerprint density at radius 1 is 1.57 bits per heavy atom. The third kappa shape index (κ3) is 3.14. The van der Waals surface area contributed by atoms with Crippen molar-refractivity contribution < 1.29 is 9.53 Å². The van der Waals surface area contributed by atoms with Crippen LogP contribution in [0.25, 0.3) is 0 Å². The second-order valence-electron chi connectivity index (χ2n) is 2.53. The molecule has 0 saturated heterocycles. The first-order chi connectivity index (χ1) is 6.74. The Balaban J connectivity index is 2.56. The van der Waals surface area contributed by atoms with E-state index >= 15 is 0 Å². The average molecular weight is 209 g/mol. The zero-order valence-electron chi connectivity index (χ0n) is 7.56. The van der Waals surface area contributed by atoms with Crippen LogP contribution in [-0.4, -0.2) is 12.7 Å². The van der Waals surface area contributed by atoms with Gasteiger partial charge >= 0.3 is 6.09 Å². The van der Waals surface area contributed by atoms with Gasteiger partial charge in [-0.3, -0.25) is 5.32 Å². The predicted octanol–water partition coefficient (Wildman–Crippen LogP) is 2.71. The van der Waals surface area contributed by atoms with Crippen molar-refractivity contribution >= 4 is 24.4 Å². The quantitative estimate of drug-likeness (QED) is 0.593. The standard InChI is InChI=1S/C10H11NO2S/c1-2-7-13-10(12)11-8-5-3-4-6-9(8)14/h2-6,14H,1,7H2,(H,11,12). The molecule has 0 atom stereocenters. The maximum atomic E-state index is 11.1. The number of hydrogen-bond donors (Lipinski definition) is 2. The molecule has 3 nitrogen and oxygen atoms in total. The third-order valence-electron chi connectivity index (χ3n) is 1.47. The van der Waals surface area contributed by atoms with Crippen molar-refractivity contribution in [2.45, 2.75) is 4.90 Å². The summed E-state index contributed by atoms with van der Waals surface area (Å²) < 4.78 is 4.75. The summed E-state index contributed by atoms with van der Waals surface area (Å²) in [5.41, 5.74) is 0.630. The molecule has 0 fully saturated rings. The Labute approximate surface area is 88.2 Å². The van der Waals surface area contributed by atoms with Crippen LogP contribution in [0.5, 0.6) is 0 Å². The van der Waals surface area contributed by atoms with Crippen molar-refractivity contribution in [3.05, 3.63) is 36.9 Å². The summed E-state index contributed by atoms with van der Waals surface area (Å²) in [5, 5.41) is 2.56. The molecule has 0 aliphatic heterocycles. The Kier molecular flexibility index (Phi) is 4.07. The van der Waals surface area contributed by atoms with Gasteiger partial charge in [-0.15, -0.1) is 12.6 Å². The summed E-state index contributed by atoms with van der Waals surface area (Å²) in [6.45, 7) is 3.63. The lowest BCUT2D eigenvalue weighted by Gasteiger charge is -2.06. The summed E-state index contributed by atoms with van der Waals surface area (Å²) in [6, 6.07) is 7.18. The molecule has 0 heterocycles. The number of rotatable bonds is 3. The molecule has 0 spiro atoms. The van der Waals surface area contributed by atoms with Crippen LogP contribution in [0.3, 0.4) is 0 Å². The van der Waals surface area contributed by atoms with Crippen molar-refractivity contribution in [3.63, 3.8) is 0 Å². The van der Waals surface area contributed by atoms with Gasteiger partial charge in [0.1, 0.15) is 6.61 Å². The number of ether oxygens (including phenoxy) is 1. The lowest BCUT2D eigenvalue weighted by atomic mass is 10.3. The summed E-state index contributed by atoms with van der Waals surface area (Å²) in [7, 11) is 0. The first kappa shape index (κ1) is 10.7. The minimum atomic E-state index is -0.508. The van der Waals surface area contributed by atoms with Gasteiger partial charge < -0.3 is 4.74 Å². The van der Waals surface area contributed by atoms with Crippen LogP contribution in [0.4, 0.5) is 10.5 Å². The maximum absolute atomic E-state index is 11.1. The monoisotopic (exact) mass is 209 g/mol. The Morgan fingerprint density at radius 3 is 2.93 bits per heavy atom. The largest absolute Gasteiger partial charge is 0.445 e. The average Bonchev–Trinajstić information content (AvgIpc) is 2.18. The van der Waals surface area contributed by atoms with E-state index in [-0.39, 0.29) is 6.61 Å². The molecule has 1 amide bonds. The first-order valence-electron chi connectivity index (χ1n) is 4.06. The van der Waals surface area contributed by atoms with Gasteiger partial charge in [0.2, 0.25) is 0 Å². The summed E-state index contributed by atoms with van der Waals surface area (Å²) in [4.78, 5) is 11.8. The molecular weight excluding hydrogens is 198 g/mol. The number of thiol groups is 1. The second kappa shape index (κ2) is 5.34. The first-order valence-corrected chi connectivity index (χ1v) is 4.51. The van der Waals surface area contributed by atoms with E-state index < -0.39 is 6.09 Å². The highest BCUT2D eigenvalue weighted by Gasteiger charge is 2.03. The molecular formula is C10H11NO2S. The van der Waals surface area contributed by atoms with E-state index in [1.807, 2.05) is 12.1 Å². The molecule has 0 unspecified atom stereocenters. The van der Waals surface area contributed by atoms with Crippen LogP contribution >= 0.6 is 12.6 Å². The highest BCUT2D eigenvalue weighted by atomic mass is 32.1. The minimum Gasteiger partial charge on any atom is -0.445 e. The normalized spacial score (nSPS) is 9.21. The van der Waals surface area contributed by atoms with E-state index in [4.69, 9.17) is 4.74 Å². The van der Waals surface area contributed by atoms with Gasteiger partial charge in [-0.05, 0) is 12.1 Å². The molecule has 1 aromatic carbocycles. The number of amides is 1. The number of benzene rings is 1. The molecule has 1 rings (SSSR count). The topological polar surface area (TPSA) is 38.3 Å². The van der Waals surface area contributed by atoms with Crippen molar-refractivity contribution in [2.24, 2.45) is 0 Å². The van der Waals surface area contributed by atoms with Crippen LogP contribution in [0.1, 0.15) is 0 Å². The Bertz CT molecular complexity index is 339. The van der Waals surface area contributed by atoms with Crippen molar-refractivity contribution in [1.82, 2.24) is 0 Å². The van der Waals surface area contributed by atoms with Crippen LogP contribution in [0.2, 0.25) is 0 Å². The molecule has 0 aliphatic rings. The summed E-state index contributed by atoms with van der Waals surface area (Å²) in [6.07, 6.45) is 0.998. The van der Waals surface area contributed by atoms with Crippen molar-refractivity contribution in [1.29, 1.82) is 0 Å². The molecule has 0 aliphatic carbocycles. The van der Waals surface area contributed by atoms with Gasteiger partial charge in [0.25, 0.3) is 0 Å². The molecule has 0 bridgehead atoms. The zero-order chi connectivity index (χ0) is 10.4. The molecule has 1 aromatic rings. The van der Waals surface area contributed by atoms with Gasteiger partial charge in [-0.1, -0.05) is 24.8 Å². The summed E-state index contributed by atoms with van der Waals surface area (Å²) >= 11 is 4.17. The Hall–Kier alpha value is -1.42. The highest BCUT2D eigenvalue weighted by molar-refractivity contribution is 7.80.